The van der Waals surface area contributed by atoms with Crippen molar-refractivity contribution in [2.45, 2.75) is 57.5 Å². The molecule has 3 atom stereocenters. The van der Waals surface area contributed by atoms with Gasteiger partial charge in [-0.3, -0.25) is 4.79 Å². The number of carbonyl (C=O) groups is 1. The van der Waals surface area contributed by atoms with E-state index >= 15 is 0 Å². The fraction of sp³-hybridized carbons (Fsp3) is 0.938. The van der Waals surface area contributed by atoms with Gasteiger partial charge in [-0.25, -0.2) is 0 Å². The van der Waals surface area contributed by atoms with Crippen molar-refractivity contribution >= 4 is 5.97 Å². The summed E-state index contributed by atoms with van der Waals surface area (Å²) in [6.45, 7) is 2.91. The summed E-state index contributed by atoms with van der Waals surface area (Å²) in [7, 11) is 1.48. The summed E-state index contributed by atoms with van der Waals surface area (Å²) in [5.74, 6) is 3.08. The molecular formula is C16H26O3. The van der Waals surface area contributed by atoms with E-state index < -0.39 is 0 Å². The van der Waals surface area contributed by atoms with Crippen molar-refractivity contribution in [2.24, 2.45) is 23.7 Å². The first-order valence-electron chi connectivity index (χ1n) is 7.87. The zero-order chi connectivity index (χ0) is 13.5. The van der Waals surface area contributed by atoms with Crippen LogP contribution < -0.4 is 0 Å². The maximum absolute atomic E-state index is 11.4. The quantitative estimate of drug-likeness (QED) is 0.717. The molecule has 0 saturated heterocycles. The minimum absolute atomic E-state index is 0.0690. The van der Waals surface area contributed by atoms with Crippen molar-refractivity contribution in [3.63, 3.8) is 0 Å². The van der Waals surface area contributed by atoms with Crippen LogP contribution in [0, 0.1) is 23.7 Å². The Balaban J connectivity index is 1.74. The Morgan fingerprint density at radius 2 is 1.89 bits per heavy atom. The molecule has 3 unspecified atom stereocenters. The number of methoxy groups -OCH3 is 1. The molecule has 4 bridgehead atoms. The van der Waals surface area contributed by atoms with Crippen LogP contribution in [0.1, 0.15) is 51.9 Å². The number of ether oxygens (including phenoxy) is 2. The van der Waals surface area contributed by atoms with Crippen LogP contribution in [0.25, 0.3) is 0 Å². The highest BCUT2D eigenvalue weighted by atomic mass is 16.5. The Hall–Kier alpha value is -0.570. The first-order chi connectivity index (χ1) is 9.16. The van der Waals surface area contributed by atoms with Gasteiger partial charge in [-0.2, -0.15) is 0 Å². The second-order valence-electron chi connectivity index (χ2n) is 6.83. The first-order valence-corrected chi connectivity index (χ1v) is 7.87. The smallest absolute Gasteiger partial charge is 0.305 e. The van der Waals surface area contributed by atoms with Gasteiger partial charge in [0.25, 0.3) is 0 Å². The van der Waals surface area contributed by atoms with E-state index in [0.29, 0.717) is 12.3 Å². The van der Waals surface area contributed by atoms with E-state index in [1.807, 2.05) is 0 Å². The lowest BCUT2D eigenvalue weighted by Crippen LogP contribution is -2.58. The van der Waals surface area contributed by atoms with Crippen LogP contribution in [-0.4, -0.2) is 25.3 Å². The largest absolute Gasteiger partial charge is 0.469 e. The third kappa shape index (κ3) is 2.31. The van der Waals surface area contributed by atoms with Crippen molar-refractivity contribution < 1.29 is 14.3 Å². The van der Waals surface area contributed by atoms with Crippen molar-refractivity contribution in [2.75, 3.05) is 13.7 Å². The zero-order valence-electron chi connectivity index (χ0n) is 12.2. The molecule has 0 amide bonds. The molecule has 0 radical (unpaired) electrons. The van der Waals surface area contributed by atoms with Crippen LogP contribution in [0.15, 0.2) is 0 Å². The molecule has 0 aromatic rings. The monoisotopic (exact) mass is 266 g/mol. The molecule has 19 heavy (non-hydrogen) atoms. The standard InChI is InChI=1S/C16H26O3/c1-3-19-16-9-11-6-12(10-16)8-13(7-11)14(16)4-5-15(17)18-2/h11-14H,3-10H2,1-2H3. The minimum Gasteiger partial charge on any atom is -0.469 e. The Morgan fingerprint density at radius 1 is 1.21 bits per heavy atom. The summed E-state index contributed by atoms with van der Waals surface area (Å²) in [4.78, 5) is 11.4. The van der Waals surface area contributed by atoms with E-state index in [9.17, 15) is 4.79 Å². The number of hydrogen-bond donors (Lipinski definition) is 0. The third-order valence-electron chi connectivity index (χ3n) is 5.77. The lowest BCUT2D eigenvalue weighted by atomic mass is 9.49. The van der Waals surface area contributed by atoms with Gasteiger partial charge in [0.05, 0.1) is 12.7 Å². The molecule has 0 aromatic carbocycles. The normalized spacial score (nSPS) is 43.5. The molecule has 4 aliphatic carbocycles. The molecule has 0 aliphatic heterocycles. The summed E-state index contributed by atoms with van der Waals surface area (Å²) in [6, 6.07) is 0. The molecule has 0 aromatic heterocycles. The summed E-state index contributed by atoms with van der Waals surface area (Å²) >= 11 is 0. The van der Waals surface area contributed by atoms with Crippen molar-refractivity contribution in [3.8, 4) is 0 Å². The first kappa shape index (κ1) is 13.4. The van der Waals surface area contributed by atoms with Crippen molar-refractivity contribution in [1.82, 2.24) is 0 Å². The Bertz CT molecular complexity index is 338. The van der Waals surface area contributed by atoms with Gasteiger partial charge in [0.1, 0.15) is 0 Å². The van der Waals surface area contributed by atoms with Crippen molar-refractivity contribution in [1.29, 1.82) is 0 Å². The lowest BCUT2D eigenvalue weighted by molar-refractivity contribution is -0.202. The highest BCUT2D eigenvalue weighted by Gasteiger charge is 2.57. The lowest BCUT2D eigenvalue weighted by Gasteiger charge is -2.61. The van der Waals surface area contributed by atoms with Gasteiger partial charge in [-0.05, 0) is 69.1 Å². The fourth-order valence-electron chi connectivity index (χ4n) is 5.46. The molecule has 0 N–H and O–H groups in total. The summed E-state index contributed by atoms with van der Waals surface area (Å²) in [5.41, 5.74) is 0.0948. The zero-order valence-corrected chi connectivity index (χ0v) is 12.2. The second kappa shape index (κ2) is 5.08. The summed E-state index contributed by atoms with van der Waals surface area (Å²) in [5, 5.41) is 0. The topological polar surface area (TPSA) is 35.5 Å². The molecule has 0 heterocycles. The van der Waals surface area contributed by atoms with Gasteiger partial charge in [0, 0.05) is 13.0 Å². The maximum Gasteiger partial charge on any atom is 0.305 e. The Morgan fingerprint density at radius 3 is 2.47 bits per heavy atom. The van der Waals surface area contributed by atoms with E-state index in [4.69, 9.17) is 9.47 Å². The molecule has 3 heteroatoms. The van der Waals surface area contributed by atoms with Gasteiger partial charge in [0.15, 0.2) is 0 Å². The highest BCUT2D eigenvalue weighted by Crippen LogP contribution is 2.61. The summed E-state index contributed by atoms with van der Waals surface area (Å²) in [6.07, 6.45) is 8.15. The van der Waals surface area contributed by atoms with Crippen LogP contribution in [0.3, 0.4) is 0 Å². The summed E-state index contributed by atoms with van der Waals surface area (Å²) < 4.78 is 11.1. The molecule has 4 rings (SSSR count). The van der Waals surface area contributed by atoms with Crippen LogP contribution in [0.2, 0.25) is 0 Å². The van der Waals surface area contributed by atoms with Gasteiger partial charge >= 0.3 is 5.97 Å². The predicted molar refractivity (Wildman–Crippen MR) is 72.7 cm³/mol. The average Bonchev–Trinajstić information content (AvgIpc) is 2.36. The van der Waals surface area contributed by atoms with E-state index in [2.05, 4.69) is 6.92 Å². The van der Waals surface area contributed by atoms with Gasteiger partial charge in [0.2, 0.25) is 0 Å². The molecule has 4 fully saturated rings. The number of carbonyl (C=O) groups excluding carboxylic acids is 1. The van der Waals surface area contributed by atoms with Crippen LogP contribution in [0.4, 0.5) is 0 Å². The number of esters is 1. The van der Waals surface area contributed by atoms with Crippen LogP contribution in [0.5, 0.6) is 0 Å². The molecule has 0 spiro atoms. The fourth-order valence-corrected chi connectivity index (χ4v) is 5.46. The van der Waals surface area contributed by atoms with Crippen molar-refractivity contribution in [3.05, 3.63) is 0 Å². The number of hydrogen-bond acceptors (Lipinski definition) is 3. The second-order valence-corrected chi connectivity index (χ2v) is 6.83. The van der Waals surface area contributed by atoms with E-state index in [0.717, 1.165) is 30.8 Å². The number of rotatable bonds is 5. The maximum atomic E-state index is 11.4. The predicted octanol–water partition coefficient (Wildman–Crippen LogP) is 3.17. The molecule has 4 saturated carbocycles. The van der Waals surface area contributed by atoms with E-state index in [1.54, 1.807) is 0 Å². The molecule has 4 aliphatic rings. The van der Waals surface area contributed by atoms with E-state index in [-0.39, 0.29) is 11.6 Å². The third-order valence-corrected chi connectivity index (χ3v) is 5.77. The highest BCUT2D eigenvalue weighted by molar-refractivity contribution is 5.69. The van der Waals surface area contributed by atoms with E-state index in [1.165, 1.54) is 39.2 Å². The van der Waals surface area contributed by atoms with Gasteiger partial charge in [-0.1, -0.05) is 0 Å². The van der Waals surface area contributed by atoms with Crippen LogP contribution in [-0.2, 0) is 14.3 Å². The Kier molecular flexibility index (Phi) is 3.59. The average molecular weight is 266 g/mol. The minimum atomic E-state index is -0.0690. The van der Waals surface area contributed by atoms with Gasteiger partial charge < -0.3 is 9.47 Å². The molecule has 3 nitrogen and oxygen atoms in total. The molecular weight excluding hydrogens is 240 g/mol. The SMILES string of the molecule is CCOC12CC3CC(CC(C3)C1CCC(=O)OC)C2. The van der Waals surface area contributed by atoms with Crippen LogP contribution >= 0.6 is 0 Å². The molecule has 108 valence electrons. The van der Waals surface area contributed by atoms with Gasteiger partial charge in [-0.15, -0.1) is 0 Å². The Labute approximate surface area is 116 Å².